The van der Waals surface area contributed by atoms with Gasteiger partial charge in [0.15, 0.2) is 5.78 Å². The molecule has 0 amide bonds. The molecule has 0 aromatic carbocycles. The molecule has 2 nitrogen and oxygen atoms in total. The lowest BCUT2D eigenvalue weighted by atomic mass is 9.97. The molecule has 0 aliphatic rings. The molecule has 0 fully saturated rings. The average Bonchev–Trinajstić information content (AvgIpc) is 2.15. The maximum atomic E-state index is 10.8. The summed E-state index contributed by atoms with van der Waals surface area (Å²) in [7, 11) is 1.69. The molecule has 0 aromatic rings. The van der Waals surface area contributed by atoms with Crippen LogP contribution in [0, 0.1) is 5.92 Å². The largest absolute Gasteiger partial charge is 0.377 e. The predicted molar refractivity (Wildman–Crippen MR) is 59.3 cm³/mol. The van der Waals surface area contributed by atoms with Crippen LogP contribution in [-0.2, 0) is 9.53 Å². The zero-order valence-electron chi connectivity index (χ0n) is 9.75. The fourth-order valence-electron chi connectivity index (χ4n) is 1.42. The summed E-state index contributed by atoms with van der Waals surface area (Å²) in [4.78, 5) is 10.8. The van der Waals surface area contributed by atoms with Crippen molar-refractivity contribution in [3.05, 3.63) is 12.2 Å². The van der Waals surface area contributed by atoms with Gasteiger partial charge in [-0.25, -0.2) is 0 Å². The minimum Gasteiger partial charge on any atom is -0.377 e. The fraction of sp³-hybridized carbons (Fsp3) is 0.750. The number of carbonyl (C=O) groups is 1. The van der Waals surface area contributed by atoms with Gasteiger partial charge < -0.3 is 4.74 Å². The maximum absolute atomic E-state index is 10.8. The van der Waals surface area contributed by atoms with Crippen molar-refractivity contribution in [1.82, 2.24) is 0 Å². The molecule has 0 saturated carbocycles. The molecule has 0 heterocycles. The van der Waals surface area contributed by atoms with Gasteiger partial charge in [-0.05, 0) is 25.3 Å². The second-order valence-corrected chi connectivity index (χ2v) is 3.79. The Kier molecular flexibility index (Phi) is 7.40. The van der Waals surface area contributed by atoms with Crippen molar-refractivity contribution in [3.63, 3.8) is 0 Å². The Balaban J connectivity index is 4.04. The second-order valence-electron chi connectivity index (χ2n) is 3.79. The van der Waals surface area contributed by atoms with Crippen molar-refractivity contribution in [3.8, 4) is 0 Å². The Hall–Kier alpha value is -0.630. The van der Waals surface area contributed by atoms with Gasteiger partial charge in [0, 0.05) is 7.11 Å². The Morgan fingerprint density at radius 1 is 1.50 bits per heavy atom. The van der Waals surface area contributed by atoms with Crippen molar-refractivity contribution in [2.75, 3.05) is 7.11 Å². The van der Waals surface area contributed by atoms with Gasteiger partial charge in [-0.15, -0.1) is 0 Å². The number of unbranched alkanes of at least 4 members (excludes halogenated alkanes) is 1. The highest BCUT2D eigenvalue weighted by atomic mass is 16.5. The molecule has 14 heavy (non-hydrogen) atoms. The first kappa shape index (κ1) is 13.4. The highest BCUT2D eigenvalue weighted by Crippen LogP contribution is 2.15. The molecule has 0 aromatic heterocycles. The molecule has 0 aliphatic carbocycles. The lowest BCUT2D eigenvalue weighted by molar-refractivity contribution is -0.112. The first-order valence-electron chi connectivity index (χ1n) is 5.33. The van der Waals surface area contributed by atoms with E-state index in [0.29, 0.717) is 5.92 Å². The number of hydrogen-bond donors (Lipinski definition) is 0. The summed E-state index contributed by atoms with van der Waals surface area (Å²) < 4.78 is 5.32. The Bertz CT molecular complexity index is 185. The van der Waals surface area contributed by atoms with Crippen LogP contribution in [0.5, 0.6) is 0 Å². The molecule has 0 bridgehead atoms. The molecular formula is C12H22O2. The molecule has 2 unspecified atom stereocenters. The molecule has 0 N–H and O–H groups in total. The first-order valence-corrected chi connectivity index (χ1v) is 5.33. The number of rotatable bonds is 7. The topological polar surface area (TPSA) is 26.3 Å². The molecular weight excluding hydrogens is 176 g/mol. The number of ketones is 1. The van der Waals surface area contributed by atoms with Crippen molar-refractivity contribution in [2.24, 2.45) is 5.92 Å². The number of allylic oxidation sites excluding steroid dienone is 1. The third-order valence-electron chi connectivity index (χ3n) is 2.37. The first-order chi connectivity index (χ1) is 6.61. The van der Waals surface area contributed by atoms with Crippen LogP contribution >= 0.6 is 0 Å². The number of hydrogen-bond acceptors (Lipinski definition) is 2. The lowest BCUT2D eigenvalue weighted by Crippen LogP contribution is -2.18. The van der Waals surface area contributed by atoms with Crippen molar-refractivity contribution in [1.29, 1.82) is 0 Å². The van der Waals surface area contributed by atoms with E-state index in [0.717, 1.165) is 6.42 Å². The van der Waals surface area contributed by atoms with Gasteiger partial charge in [0.1, 0.15) is 0 Å². The molecule has 0 saturated heterocycles. The third-order valence-corrected chi connectivity index (χ3v) is 2.37. The highest BCUT2D eigenvalue weighted by Gasteiger charge is 2.12. The summed E-state index contributed by atoms with van der Waals surface area (Å²) >= 11 is 0. The summed E-state index contributed by atoms with van der Waals surface area (Å²) in [5, 5.41) is 0. The molecule has 0 radical (unpaired) electrons. The van der Waals surface area contributed by atoms with Crippen LogP contribution < -0.4 is 0 Å². The zero-order valence-corrected chi connectivity index (χ0v) is 9.75. The van der Waals surface area contributed by atoms with E-state index in [9.17, 15) is 4.79 Å². The lowest BCUT2D eigenvalue weighted by Gasteiger charge is -2.18. The molecule has 2 atom stereocenters. The Morgan fingerprint density at radius 3 is 2.57 bits per heavy atom. The second kappa shape index (κ2) is 7.74. The van der Waals surface area contributed by atoms with Gasteiger partial charge in [-0.1, -0.05) is 32.8 Å². The van der Waals surface area contributed by atoms with Crippen LogP contribution in [0.3, 0.4) is 0 Å². The quantitative estimate of drug-likeness (QED) is 0.588. The maximum Gasteiger partial charge on any atom is 0.152 e. The van der Waals surface area contributed by atoms with Crippen LogP contribution in [0.15, 0.2) is 12.2 Å². The fourth-order valence-corrected chi connectivity index (χ4v) is 1.42. The highest BCUT2D eigenvalue weighted by molar-refractivity contribution is 5.87. The van der Waals surface area contributed by atoms with Crippen molar-refractivity contribution in [2.45, 2.75) is 46.1 Å². The third kappa shape index (κ3) is 5.92. The number of ether oxygens (including phenoxy) is 1. The van der Waals surface area contributed by atoms with Gasteiger partial charge in [-0.2, -0.15) is 0 Å². The smallest absolute Gasteiger partial charge is 0.152 e. The van der Waals surface area contributed by atoms with Gasteiger partial charge in [0.05, 0.1) is 6.10 Å². The van der Waals surface area contributed by atoms with E-state index in [-0.39, 0.29) is 11.9 Å². The molecule has 0 spiro atoms. The van der Waals surface area contributed by atoms with Crippen LogP contribution in [0.1, 0.15) is 40.0 Å². The van der Waals surface area contributed by atoms with Crippen LogP contribution in [0.4, 0.5) is 0 Å². The number of carbonyl (C=O) groups excluding carboxylic acids is 1. The summed E-state index contributed by atoms with van der Waals surface area (Å²) in [5.74, 6) is 0.560. The van der Waals surface area contributed by atoms with Crippen LogP contribution in [0.2, 0.25) is 0 Å². The molecule has 2 heteroatoms. The van der Waals surface area contributed by atoms with Gasteiger partial charge in [-0.3, -0.25) is 4.79 Å². The van der Waals surface area contributed by atoms with Gasteiger partial charge in [0.2, 0.25) is 0 Å². The monoisotopic (exact) mass is 198 g/mol. The van der Waals surface area contributed by atoms with E-state index in [1.54, 1.807) is 20.1 Å². The Morgan fingerprint density at radius 2 is 2.14 bits per heavy atom. The van der Waals surface area contributed by atoms with Crippen LogP contribution in [-0.4, -0.2) is 19.0 Å². The van der Waals surface area contributed by atoms with Gasteiger partial charge in [0.25, 0.3) is 0 Å². The van der Waals surface area contributed by atoms with E-state index in [1.807, 2.05) is 6.08 Å². The van der Waals surface area contributed by atoms with E-state index < -0.39 is 0 Å². The Labute approximate surface area is 87.3 Å². The zero-order chi connectivity index (χ0) is 11.0. The number of methoxy groups -OCH3 is 1. The summed E-state index contributed by atoms with van der Waals surface area (Å²) in [6.45, 7) is 5.90. The standard InChI is InChI=1S/C12H22O2/c1-5-6-7-10(2)12(14-4)9-8-11(3)13/h8-10,12H,5-7H2,1-4H3/b9-8+. The SMILES string of the molecule is CCCCC(C)C(/C=C/C(C)=O)OC. The minimum atomic E-state index is 0.0745. The normalized spacial score (nSPS) is 15.7. The molecule has 0 rings (SSSR count). The molecule has 0 aliphatic heterocycles. The van der Waals surface area contributed by atoms with E-state index in [4.69, 9.17) is 4.74 Å². The summed E-state index contributed by atoms with van der Waals surface area (Å²) in [5.41, 5.74) is 0. The van der Waals surface area contributed by atoms with E-state index in [1.165, 1.54) is 12.8 Å². The minimum absolute atomic E-state index is 0.0745. The van der Waals surface area contributed by atoms with E-state index in [2.05, 4.69) is 13.8 Å². The van der Waals surface area contributed by atoms with Crippen molar-refractivity contribution < 1.29 is 9.53 Å². The van der Waals surface area contributed by atoms with E-state index >= 15 is 0 Å². The summed E-state index contributed by atoms with van der Waals surface area (Å²) in [6.07, 6.45) is 7.10. The predicted octanol–water partition coefficient (Wildman–Crippen LogP) is 2.97. The van der Waals surface area contributed by atoms with Crippen LogP contribution in [0.25, 0.3) is 0 Å². The average molecular weight is 198 g/mol. The summed E-state index contributed by atoms with van der Waals surface area (Å²) in [6, 6.07) is 0. The molecule has 82 valence electrons. The van der Waals surface area contributed by atoms with Gasteiger partial charge >= 0.3 is 0 Å². The van der Waals surface area contributed by atoms with Crippen molar-refractivity contribution >= 4 is 5.78 Å².